The summed E-state index contributed by atoms with van der Waals surface area (Å²) in [6, 6.07) is -0.415. The zero-order chi connectivity index (χ0) is 8.93. The molecule has 0 aromatic carbocycles. The van der Waals surface area contributed by atoms with E-state index in [-0.39, 0.29) is 5.92 Å². The van der Waals surface area contributed by atoms with Gasteiger partial charge in [0.05, 0.1) is 11.7 Å². The highest BCUT2D eigenvalue weighted by atomic mass is 16.5. The molecule has 2 fully saturated rings. The van der Waals surface area contributed by atoms with Gasteiger partial charge in [-0.05, 0) is 18.8 Å². The number of aliphatic hydroxyl groups excluding tert-OH is 1. The Labute approximate surface area is 73.1 Å². The van der Waals surface area contributed by atoms with Crippen LogP contribution in [0.3, 0.4) is 0 Å². The summed E-state index contributed by atoms with van der Waals surface area (Å²) < 4.78 is 5.25. The van der Waals surface area contributed by atoms with E-state index in [2.05, 4.69) is 0 Å². The minimum Gasteiger partial charge on any atom is -0.390 e. The topological polar surface area (TPSA) is 49.7 Å². The fraction of sp³-hybridized carbons (Fsp3) is 1.00. The number of hydrogen-bond donors (Lipinski definition) is 2. The van der Waals surface area contributed by atoms with Gasteiger partial charge >= 0.3 is 0 Å². The average Bonchev–Trinajstić information content (AvgIpc) is 2.31. The molecule has 12 heavy (non-hydrogen) atoms. The molecule has 1 heterocycles. The maximum Gasteiger partial charge on any atom is 0.112 e. The summed E-state index contributed by atoms with van der Waals surface area (Å²) in [7, 11) is 5.52. The van der Waals surface area contributed by atoms with Crippen LogP contribution in [0, 0.1) is 5.92 Å². The van der Waals surface area contributed by atoms with Crippen LogP contribution in [0.25, 0.3) is 0 Å². The molecule has 0 aromatic heterocycles. The van der Waals surface area contributed by atoms with E-state index in [1.165, 1.54) is 0 Å². The van der Waals surface area contributed by atoms with Crippen molar-refractivity contribution in [2.24, 2.45) is 5.92 Å². The Balaban J connectivity index is 2.20. The smallest absolute Gasteiger partial charge is 0.112 e. The van der Waals surface area contributed by atoms with Gasteiger partial charge in [-0.25, -0.2) is 0 Å². The molecule has 2 rings (SSSR count). The Bertz CT molecular complexity index is 199. The molecule has 1 aliphatic heterocycles. The number of hydrogen-bond acceptors (Lipinski definition) is 3. The first-order valence-corrected chi connectivity index (χ1v) is 4.34. The molecule has 5 atom stereocenters. The molecule has 0 bridgehead atoms. The molecule has 0 spiro atoms. The van der Waals surface area contributed by atoms with Crippen molar-refractivity contribution in [2.45, 2.75) is 43.6 Å². The first kappa shape index (κ1) is 8.54. The van der Waals surface area contributed by atoms with Gasteiger partial charge in [-0.1, -0.05) is 6.92 Å². The van der Waals surface area contributed by atoms with Crippen molar-refractivity contribution < 1.29 is 14.9 Å². The Morgan fingerprint density at radius 2 is 2.17 bits per heavy atom. The van der Waals surface area contributed by atoms with Crippen molar-refractivity contribution in [3.05, 3.63) is 0 Å². The van der Waals surface area contributed by atoms with E-state index in [1.54, 1.807) is 0 Å². The third-order valence-electron chi connectivity index (χ3n) is 2.97. The van der Waals surface area contributed by atoms with E-state index in [4.69, 9.17) is 12.6 Å². The van der Waals surface area contributed by atoms with Crippen LogP contribution in [0.15, 0.2) is 0 Å². The number of rotatable bonds is 0. The van der Waals surface area contributed by atoms with E-state index in [1.807, 2.05) is 6.92 Å². The first-order chi connectivity index (χ1) is 5.53. The van der Waals surface area contributed by atoms with Crippen LogP contribution in [0.4, 0.5) is 0 Å². The second-order valence-electron chi connectivity index (χ2n) is 4.07. The van der Waals surface area contributed by atoms with Crippen LogP contribution in [0.1, 0.15) is 19.8 Å². The van der Waals surface area contributed by atoms with Crippen LogP contribution < -0.4 is 0 Å². The molecular weight excluding hydrogens is 155 g/mol. The van der Waals surface area contributed by atoms with Crippen molar-refractivity contribution in [1.29, 1.82) is 0 Å². The minimum absolute atomic E-state index is 0.104. The van der Waals surface area contributed by atoms with Gasteiger partial charge in [-0.2, -0.15) is 0 Å². The molecule has 1 aliphatic carbocycles. The van der Waals surface area contributed by atoms with Crippen LogP contribution in [-0.4, -0.2) is 41.9 Å². The Morgan fingerprint density at radius 3 is 2.75 bits per heavy atom. The van der Waals surface area contributed by atoms with Crippen LogP contribution >= 0.6 is 0 Å². The highest BCUT2D eigenvalue weighted by molar-refractivity contribution is 6.11. The summed E-state index contributed by atoms with van der Waals surface area (Å²) in [4.78, 5) is 0. The van der Waals surface area contributed by atoms with Crippen LogP contribution in [0.2, 0.25) is 0 Å². The van der Waals surface area contributed by atoms with Gasteiger partial charge < -0.3 is 14.9 Å². The highest BCUT2D eigenvalue weighted by Crippen LogP contribution is 2.44. The van der Waals surface area contributed by atoms with Gasteiger partial charge in [-0.3, -0.25) is 0 Å². The lowest BCUT2D eigenvalue weighted by Crippen LogP contribution is -2.37. The Hall–Kier alpha value is -0.0551. The van der Waals surface area contributed by atoms with Crippen molar-refractivity contribution in [1.82, 2.24) is 0 Å². The molecule has 2 N–H and O–H groups in total. The lowest BCUT2D eigenvalue weighted by atomic mass is 9.87. The molecule has 0 aromatic rings. The zero-order valence-corrected chi connectivity index (χ0v) is 7.10. The van der Waals surface area contributed by atoms with Crippen molar-refractivity contribution in [3.63, 3.8) is 0 Å². The third kappa shape index (κ3) is 1.02. The maximum atomic E-state index is 9.98. The standard InChI is InChI=1S/C8H13BO3/c1-4-2-8(11)3-5(9)12-7(8)6(4)10/h4-7,10-11H,2-3H2,1H3/t4-,5+,6+,7+,8-/m0/s1. The third-order valence-corrected chi connectivity index (χ3v) is 2.97. The molecule has 0 amide bonds. The highest BCUT2D eigenvalue weighted by Gasteiger charge is 2.56. The average molecular weight is 168 g/mol. The lowest BCUT2D eigenvalue weighted by molar-refractivity contribution is -0.0647. The largest absolute Gasteiger partial charge is 0.390 e. The predicted octanol–water partition coefficient (Wildman–Crippen LogP) is -0.598. The summed E-state index contributed by atoms with van der Waals surface area (Å²) in [5.41, 5.74) is -0.877. The first-order valence-electron chi connectivity index (χ1n) is 4.34. The van der Waals surface area contributed by atoms with Gasteiger partial charge in [0.2, 0.25) is 0 Å². The lowest BCUT2D eigenvalue weighted by Gasteiger charge is -2.20. The number of fused-ring (bicyclic) bond motifs is 1. The molecule has 1 saturated heterocycles. The van der Waals surface area contributed by atoms with E-state index in [0.29, 0.717) is 12.8 Å². The minimum atomic E-state index is -0.877. The Morgan fingerprint density at radius 1 is 1.50 bits per heavy atom. The van der Waals surface area contributed by atoms with Gasteiger partial charge in [-0.15, -0.1) is 0 Å². The van der Waals surface area contributed by atoms with Gasteiger partial charge in [0.15, 0.2) is 0 Å². The van der Waals surface area contributed by atoms with E-state index in [9.17, 15) is 10.2 Å². The fourth-order valence-corrected chi connectivity index (χ4v) is 2.40. The molecule has 4 heteroatoms. The van der Waals surface area contributed by atoms with E-state index < -0.39 is 23.8 Å². The molecule has 66 valence electrons. The van der Waals surface area contributed by atoms with Crippen molar-refractivity contribution >= 4 is 7.85 Å². The number of aliphatic hydroxyl groups is 2. The summed E-state index contributed by atoms with van der Waals surface area (Å²) in [6.45, 7) is 1.91. The molecule has 2 radical (unpaired) electrons. The monoisotopic (exact) mass is 168 g/mol. The second kappa shape index (κ2) is 2.47. The summed E-state index contributed by atoms with van der Waals surface area (Å²) in [5, 5.41) is 19.6. The van der Waals surface area contributed by atoms with Gasteiger partial charge in [0, 0.05) is 6.00 Å². The van der Waals surface area contributed by atoms with Crippen LogP contribution in [0.5, 0.6) is 0 Å². The van der Waals surface area contributed by atoms with Crippen LogP contribution in [-0.2, 0) is 4.74 Å². The molecule has 1 saturated carbocycles. The SMILES string of the molecule is [B][C@H]1C[C@@]2(O)C[C@H](C)[C@@H](O)[C@H]2O1. The summed E-state index contributed by atoms with van der Waals surface area (Å²) in [6.07, 6.45) is -0.00273. The van der Waals surface area contributed by atoms with Gasteiger partial charge in [0.25, 0.3) is 0 Å². The fourth-order valence-electron chi connectivity index (χ4n) is 2.40. The summed E-state index contributed by atoms with van der Waals surface area (Å²) >= 11 is 0. The van der Waals surface area contributed by atoms with E-state index >= 15 is 0 Å². The molecule has 2 aliphatic rings. The zero-order valence-electron chi connectivity index (χ0n) is 7.10. The van der Waals surface area contributed by atoms with Gasteiger partial charge in [0.1, 0.15) is 14.0 Å². The normalized spacial score (nSPS) is 58.9. The Kier molecular flexibility index (Phi) is 1.76. The molecule has 3 nitrogen and oxygen atoms in total. The summed E-state index contributed by atoms with van der Waals surface area (Å²) in [5.74, 6) is 0.104. The van der Waals surface area contributed by atoms with E-state index in [0.717, 1.165) is 0 Å². The van der Waals surface area contributed by atoms with Crippen molar-refractivity contribution in [2.75, 3.05) is 0 Å². The quantitative estimate of drug-likeness (QED) is 0.475. The molecule has 0 unspecified atom stereocenters. The van der Waals surface area contributed by atoms with Crippen molar-refractivity contribution in [3.8, 4) is 0 Å². The maximum absolute atomic E-state index is 9.98. The molecular formula is C8H13BO3. The second-order valence-corrected chi connectivity index (χ2v) is 4.07. The predicted molar refractivity (Wildman–Crippen MR) is 43.8 cm³/mol. The number of ether oxygens (including phenoxy) is 1.